The normalized spacial score (nSPS) is 11.1. The molecule has 0 atom stereocenters. The molecule has 0 saturated carbocycles. The van der Waals surface area contributed by atoms with E-state index < -0.39 is 0 Å². The molecule has 0 aliphatic rings. The van der Waals surface area contributed by atoms with Crippen molar-refractivity contribution >= 4 is 41.3 Å². The Morgan fingerprint density at radius 1 is 1.18 bits per heavy atom. The minimum Gasteiger partial charge on any atom is -0.357 e. The number of guanidine groups is 1. The van der Waals surface area contributed by atoms with Crippen LogP contribution < -0.4 is 10.6 Å². The Hall–Kier alpha value is -1.94. The molecule has 3 rings (SSSR count). The highest BCUT2D eigenvalue weighted by atomic mass is 127. The van der Waals surface area contributed by atoms with Crippen LogP contribution in [0.3, 0.4) is 0 Å². The summed E-state index contributed by atoms with van der Waals surface area (Å²) in [7, 11) is 0. The van der Waals surface area contributed by atoms with E-state index in [1.807, 2.05) is 24.7 Å². The van der Waals surface area contributed by atoms with Crippen molar-refractivity contribution in [2.75, 3.05) is 13.1 Å². The van der Waals surface area contributed by atoms with Crippen LogP contribution in [0.15, 0.2) is 53.9 Å². The van der Waals surface area contributed by atoms with E-state index in [4.69, 9.17) is 0 Å². The number of thiazole rings is 1. The van der Waals surface area contributed by atoms with E-state index >= 15 is 0 Å². The summed E-state index contributed by atoms with van der Waals surface area (Å²) in [4.78, 5) is 14.7. The van der Waals surface area contributed by atoms with E-state index in [0.717, 1.165) is 42.8 Å². The van der Waals surface area contributed by atoms with Crippen LogP contribution >= 0.6 is 35.3 Å². The van der Waals surface area contributed by atoms with E-state index in [0.29, 0.717) is 6.54 Å². The lowest BCUT2D eigenvalue weighted by atomic mass is 10.2. The Bertz CT molecular complexity index is 858. The van der Waals surface area contributed by atoms with Crippen molar-refractivity contribution in [3.63, 3.8) is 0 Å². The van der Waals surface area contributed by atoms with Gasteiger partial charge in [0.25, 0.3) is 0 Å². The summed E-state index contributed by atoms with van der Waals surface area (Å²) in [5.74, 6) is 1.88. The molecule has 0 spiro atoms. The average Bonchev–Trinajstić information content (AvgIpc) is 3.29. The van der Waals surface area contributed by atoms with E-state index in [1.165, 1.54) is 10.4 Å². The molecule has 2 N–H and O–H groups in total. The maximum Gasteiger partial charge on any atom is 0.191 e. The van der Waals surface area contributed by atoms with Crippen LogP contribution in [-0.4, -0.2) is 33.6 Å². The lowest BCUT2D eigenvalue weighted by Gasteiger charge is -2.12. The Balaban J connectivity index is 0.00000280. The molecule has 0 fully saturated rings. The summed E-state index contributed by atoms with van der Waals surface area (Å²) < 4.78 is 2.19. The Kier molecular flexibility index (Phi) is 9.42. The maximum atomic E-state index is 4.62. The number of aliphatic imine (C=N–C) groups is 1. The third-order valence-electron chi connectivity index (χ3n) is 4.02. The molecule has 0 aliphatic heterocycles. The number of nitrogens with zero attached hydrogens (tertiary/aromatic N) is 4. The standard InChI is InChI=1S/C20H26N6S.HI/c1-3-21-20(25-14-19-24-13-16(2)27-19)23-10-9-18-22-11-12-26(18)15-17-7-5-4-6-8-17;/h4-8,11-13H,3,9-10,14-15H2,1-2H3,(H2,21,23,25);1H. The van der Waals surface area contributed by atoms with Crippen molar-refractivity contribution in [3.8, 4) is 0 Å². The highest BCUT2D eigenvalue weighted by Crippen LogP contribution is 2.11. The number of halogens is 1. The number of nitrogens with one attached hydrogen (secondary N) is 2. The first-order chi connectivity index (χ1) is 13.2. The summed E-state index contributed by atoms with van der Waals surface area (Å²) in [6, 6.07) is 10.4. The third kappa shape index (κ3) is 6.90. The Morgan fingerprint density at radius 3 is 2.71 bits per heavy atom. The molecule has 0 unspecified atom stereocenters. The number of aryl methyl sites for hydroxylation is 1. The summed E-state index contributed by atoms with van der Waals surface area (Å²) >= 11 is 1.69. The van der Waals surface area contributed by atoms with E-state index in [-0.39, 0.29) is 24.0 Å². The summed E-state index contributed by atoms with van der Waals surface area (Å²) in [6.07, 6.45) is 6.62. The number of hydrogen-bond acceptors (Lipinski definition) is 4. The van der Waals surface area contributed by atoms with Crippen molar-refractivity contribution in [2.45, 2.75) is 33.4 Å². The number of benzene rings is 1. The predicted octanol–water partition coefficient (Wildman–Crippen LogP) is 3.61. The quantitative estimate of drug-likeness (QED) is 0.276. The molecular weight excluding hydrogens is 483 g/mol. The molecule has 0 saturated heterocycles. The van der Waals surface area contributed by atoms with Gasteiger partial charge < -0.3 is 15.2 Å². The molecule has 0 aliphatic carbocycles. The van der Waals surface area contributed by atoms with Crippen LogP contribution in [0.25, 0.3) is 0 Å². The maximum absolute atomic E-state index is 4.62. The highest BCUT2D eigenvalue weighted by Gasteiger charge is 2.05. The van der Waals surface area contributed by atoms with Gasteiger partial charge in [-0.15, -0.1) is 35.3 Å². The summed E-state index contributed by atoms with van der Waals surface area (Å²) in [6.45, 7) is 7.16. The molecule has 150 valence electrons. The fraction of sp³-hybridized carbons (Fsp3) is 0.350. The first-order valence-electron chi connectivity index (χ1n) is 9.22. The zero-order valence-electron chi connectivity index (χ0n) is 16.3. The summed E-state index contributed by atoms with van der Waals surface area (Å²) in [5, 5.41) is 7.70. The minimum atomic E-state index is 0. The van der Waals surface area contributed by atoms with Crippen LogP contribution in [0.4, 0.5) is 0 Å². The lowest BCUT2D eigenvalue weighted by molar-refractivity contribution is 0.694. The van der Waals surface area contributed by atoms with Gasteiger partial charge in [0.2, 0.25) is 0 Å². The minimum absolute atomic E-state index is 0. The molecule has 0 radical (unpaired) electrons. The molecule has 0 amide bonds. The van der Waals surface area contributed by atoms with Crippen LogP contribution in [0.2, 0.25) is 0 Å². The van der Waals surface area contributed by atoms with Gasteiger partial charge in [-0.2, -0.15) is 0 Å². The highest BCUT2D eigenvalue weighted by molar-refractivity contribution is 14.0. The second-order valence-electron chi connectivity index (χ2n) is 6.19. The van der Waals surface area contributed by atoms with E-state index in [1.54, 1.807) is 11.3 Å². The summed E-state index contributed by atoms with van der Waals surface area (Å²) in [5.41, 5.74) is 1.28. The number of hydrogen-bond donors (Lipinski definition) is 2. The van der Waals surface area contributed by atoms with Crippen LogP contribution in [-0.2, 0) is 19.5 Å². The topological polar surface area (TPSA) is 67.1 Å². The van der Waals surface area contributed by atoms with Crippen molar-refractivity contribution in [1.29, 1.82) is 0 Å². The van der Waals surface area contributed by atoms with Gasteiger partial charge in [-0.3, -0.25) is 0 Å². The fourth-order valence-electron chi connectivity index (χ4n) is 2.75. The number of rotatable bonds is 8. The first kappa shape index (κ1) is 22.4. The Labute approximate surface area is 187 Å². The van der Waals surface area contributed by atoms with Gasteiger partial charge in [0, 0.05) is 49.5 Å². The zero-order chi connectivity index (χ0) is 18.9. The second kappa shape index (κ2) is 11.8. The largest absolute Gasteiger partial charge is 0.357 e. The van der Waals surface area contributed by atoms with Gasteiger partial charge in [-0.25, -0.2) is 15.0 Å². The molecule has 28 heavy (non-hydrogen) atoms. The van der Waals surface area contributed by atoms with Gasteiger partial charge in [0.1, 0.15) is 10.8 Å². The zero-order valence-corrected chi connectivity index (χ0v) is 19.4. The van der Waals surface area contributed by atoms with Gasteiger partial charge in [-0.1, -0.05) is 30.3 Å². The van der Waals surface area contributed by atoms with E-state index in [2.05, 4.69) is 68.3 Å². The molecule has 2 aromatic heterocycles. The van der Waals surface area contributed by atoms with Crippen molar-refractivity contribution < 1.29 is 0 Å². The molecule has 3 aromatic rings. The molecule has 1 aromatic carbocycles. The molecular formula is C20H27IN6S. The monoisotopic (exact) mass is 510 g/mol. The van der Waals surface area contributed by atoms with Crippen molar-refractivity contribution in [3.05, 3.63) is 70.2 Å². The first-order valence-corrected chi connectivity index (χ1v) is 10.0. The Morgan fingerprint density at radius 2 is 2.00 bits per heavy atom. The molecule has 0 bridgehead atoms. The van der Waals surface area contributed by atoms with Gasteiger partial charge >= 0.3 is 0 Å². The van der Waals surface area contributed by atoms with Crippen LogP contribution in [0, 0.1) is 6.92 Å². The fourth-order valence-corrected chi connectivity index (χ4v) is 3.46. The molecule has 2 heterocycles. The number of imidazole rings is 1. The van der Waals surface area contributed by atoms with Gasteiger partial charge in [0.15, 0.2) is 5.96 Å². The smallest absolute Gasteiger partial charge is 0.191 e. The van der Waals surface area contributed by atoms with Crippen molar-refractivity contribution in [1.82, 2.24) is 25.2 Å². The van der Waals surface area contributed by atoms with Gasteiger partial charge in [0.05, 0.1) is 6.54 Å². The van der Waals surface area contributed by atoms with Crippen LogP contribution in [0.1, 0.15) is 28.2 Å². The lowest BCUT2D eigenvalue weighted by Crippen LogP contribution is -2.38. The third-order valence-corrected chi connectivity index (χ3v) is 4.92. The second-order valence-corrected chi connectivity index (χ2v) is 7.51. The SMILES string of the molecule is CCNC(=NCc1ncc(C)s1)NCCc1nccn1Cc1ccccc1.I. The predicted molar refractivity (Wildman–Crippen MR) is 127 cm³/mol. The van der Waals surface area contributed by atoms with E-state index in [9.17, 15) is 0 Å². The number of aromatic nitrogens is 3. The molecule has 6 nitrogen and oxygen atoms in total. The van der Waals surface area contributed by atoms with Gasteiger partial charge in [-0.05, 0) is 19.4 Å². The molecule has 8 heteroatoms. The van der Waals surface area contributed by atoms with Crippen molar-refractivity contribution in [2.24, 2.45) is 4.99 Å². The van der Waals surface area contributed by atoms with Crippen LogP contribution in [0.5, 0.6) is 0 Å². The average molecular weight is 510 g/mol.